The first-order chi connectivity index (χ1) is 15.1. The molecule has 0 saturated carbocycles. The lowest BCUT2D eigenvalue weighted by Gasteiger charge is -2.37. The molecule has 0 saturated heterocycles. The molecule has 2 aromatic carbocycles. The van der Waals surface area contributed by atoms with Crippen molar-refractivity contribution in [2.75, 3.05) is 7.11 Å². The van der Waals surface area contributed by atoms with Crippen LogP contribution < -0.4 is 4.74 Å². The van der Waals surface area contributed by atoms with Gasteiger partial charge in [-0.3, -0.25) is 0 Å². The van der Waals surface area contributed by atoms with Gasteiger partial charge in [-0.25, -0.2) is 14.8 Å². The molecule has 0 spiro atoms. The van der Waals surface area contributed by atoms with Crippen molar-refractivity contribution < 1.29 is 26.2 Å². The van der Waals surface area contributed by atoms with Crippen LogP contribution in [0.3, 0.4) is 0 Å². The van der Waals surface area contributed by atoms with E-state index in [1.54, 1.807) is 31.2 Å². The third-order valence-electron chi connectivity index (χ3n) is 3.99. The van der Waals surface area contributed by atoms with Crippen molar-refractivity contribution in [3.63, 3.8) is 0 Å². The van der Waals surface area contributed by atoms with E-state index < -0.39 is 47.9 Å². The van der Waals surface area contributed by atoms with E-state index in [2.05, 4.69) is 9.97 Å². The highest BCUT2D eigenvalue weighted by Crippen LogP contribution is 2.38. The van der Waals surface area contributed by atoms with Crippen LogP contribution in [0, 0.1) is 6.92 Å². The minimum absolute atomic E-state index is 0.209. The monoisotopic (exact) mass is 369 g/mol. The first kappa shape index (κ1) is 13.0. The summed E-state index contributed by atoms with van der Waals surface area (Å²) in [6.07, 6.45) is -0.515. The van der Waals surface area contributed by atoms with Crippen LogP contribution >= 0.6 is 0 Å². The van der Waals surface area contributed by atoms with E-state index in [4.69, 9.17) is 16.3 Å². The molecule has 2 atom stereocenters. The molecule has 0 aliphatic rings. The van der Waals surface area contributed by atoms with E-state index in [-0.39, 0.29) is 17.1 Å². The molecule has 1 heterocycles. The van der Waals surface area contributed by atoms with Gasteiger partial charge in [0, 0.05) is 19.0 Å². The number of methoxy groups -OCH3 is 1. The summed E-state index contributed by atoms with van der Waals surface area (Å²) in [5.74, 6) is -1.51. The highest BCUT2D eigenvalue weighted by Gasteiger charge is 2.49. The molecular weight excluding hydrogens is 344 g/mol. The van der Waals surface area contributed by atoms with E-state index in [9.17, 15) is 9.90 Å². The van der Waals surface area contributed by atoms with Crippen molar-refractivity contribution in [2.24, 2.45) is 0 Å². The van der Waals surface area contributed by atoms with Gasteiger partial charge >= 0.3 is 12.0 Å². The average molecular weight is 369 g/mol. The molecular formula is C21H20N2O4. The smallest absolute Gasteiger partial charge is 0.348 e. The van der Waals surface area contributed by atoms with Crippen LogP contribution in [0.1, 0.15) is 23.7 Å². The molecule has 1 N–H and O–H groups in total. The van der Waals surface area contributed by atoms with Gasteiger partial charge in [0.05, 0.1) is 6.85 Å². The van der Waals surface area contributed by atoms with Gasteiger partial charge in [-0.15, -0.1) is 0 Å². The summed E-state index contributed by atoms with van der Waals surface area (Å²) in [5.41, 5.74) is -1.78. The Morgan fingerprint density at radius 2 is 1.85 bits per heavy atom. The Morgan fingerprint density at radius 1 is 1.15 bits per heavy atom. The van der Waals surface area contributed by atoms with Crippen LogP contribution in [0.5, 0.6) is 6.01 Å². The van der Waals surface area contributed by atoms with Crippen molar-refractivity contribution in [2.45, 2.75) is 18.6 Å². The second kappa shape index (κ2) is 7.97. The Kier molecular flexibility index (Phi) is 3.84. The van der Waals surface area contributed by atoms with Gasteiger partial charge in [0.2, 0.25) is 6.10 Å². The first-order valence-corrected chi connectivity index (χ1v) is 8.02. The van der Waals surface area contributed by atoms with E-state index in [1.807, 2.05) is 0 Å². The Hall–Kier alpha value is -3.25. The molecule has 0 amide bonds. The molecule has 3 aromatic rings. The number of benzene rings is 2. The van der Waals surface area contributed by atoms with Gasteiger partial charge in [0.15, 0.2) is 5.60 Å². The Bertz CT molecular complexity index is 1130. The molecule has 6 heteroatoms. The van der Waals surface area contributed by atoms with Crippen molar-refractivity contribution in [1.82, 2.24) is 9.97 Å². The average Bonchev–Trinajstić information content (AvgIpc) is 2.78. The molecule has 1 unspecified atom stereocenters. The number of hydrogen-bond acceptors (Lipinski definition) is 5. The predicted octanol–water partition coefficient (Wildman–Crippen LogP) is 3.21. The lowest BCUT2D eigenvalue weighted by molar-refractivity contribution is -0.160. The molecule has 6 nitrogen and oxygen atoms in total. The summed E-state index contributed by atoms with van der Waals surface area (Å²) in [7, 11) is 1.18. The number of carboxylic acid groups (broad SMARTS) is 1. The maximum Gasteiger partial charge on any atom is 0.348 e. The second-order valence-corrected chi connectivity index (χ2v) is 5.62. The number of hydrogen-bond donors (Lipinski definition) is 1. The topological polar surface area (TPSA) is 81.5 Å². The van der Waals surface area contributed by atoms with Crippen molar-refractivity contribution in [1.29, 1.82) is 0 Å². The molecule has 138 valence electrons. The maximum absolute atomic E-state index is 12.5. The zero-order valence-electron chi connectivity index (χ0n) is 19.7. The molecule has 0 fully saturated rings. The van der Waals surface area contributed by atoms with Gasteiger partial charge in [-0.05, 0) is 24.1 Å². The zero-order valence-corrected chi connectivity index (χ0v) is 14.7. The fourth-order valence-electron chi connectivity index (χ4n) is 2.77. The van der Waals surface area contributed by atoms with Gasteiger partial charge in [-0.1, -0.05) is 60.5 Å². The second-order valence-electron chi connectivity index (χ2n) is 5.62. The van der Waals surface area contributed by atoms with Crippen molar-refractivity contribution >= 4 is 5.97 Å². The highest BCUT2D eigenvalue weighted by atomic mass is 16.6. The number of aromatic nitrogens is 2. The number of nitrogens with zero attached hydrogens (tertiary/aromatic N) is 2. The quantitative estimate of drug-likeness (QED) is 0.689. The summed E-state index contributed by atoms with van der Waals surface area (Å²) in [6.45, 7) is 1.67. The number of aliphatic carboxylic acids is 1. The summed E-state index contributed by atoms with van der Waals surface area (Å²) < 4.78 is 52.3. The molecule has 27 heavy (non-hydrogen) atoms. The number of carboxylic acids is 1. The standard InChI is InChI=1S/C21H20N2O4/c1-15-13-14-22-20(23-15)27-18(19(24)25)21(26-2,16-9-5-3-6-10-16)17-11-7-4-8-12-17/h3-14,18H,1-2H3,(H,24,25)/t18-/m1/s1/i3D,5D,6D,9D,10D/t18-,21?. The van der Waals surface area contributed by atoms with Crippen LogP contribution in [-0.4, -0.2) is 34.3 Å². The van der Waals surface area contributed by atoms with Crippen molar-refractivity contribution in [3.05, 3.63) is 89.6 Å². The SMILES string of the molecule is [2H]c1c([2H])c([2H])c(C(OC)(c2ccccc2)[C@H](Oc2nccc(C)n2)C(=O)O)c([2H])c1[2H]. The van der Waals surface area contributed by atoms with Crippen LogP contribution in [0.15, 0.2) is 72.8 Å². The van der Waals surface area contributed by atoms with Gasteiger partial charge in [-0.2, -0.15) is 0 Å². The minimum atomic E-state index is -2.13. The third-order valence-corrected chi connectivity index (χ3v) is 3.99. The minimum Gasteiger partial charge on any atom is -0.478 e. The van der Waals surface area contributed by atoms with E-state index in [1.165, 1.54) is 25.4 Å². The molecule has 3 rings (SSSR count). The van der Waals surface area contributed by atoms with Gasteiger partial charge < -0.3 is 14.6 Å². The van der Waals surface area contributed by atoms with Crippen LogP contribution in [0.4, 0.5) is 0 Å². The first-order valence-electron chi connectivity index (χ1n) is 10.5. The number of carbonyl (C=O) groups is 1. The maximum atomic E-state index is 12.5. The lowest BCUT2D eigenvalue weighted by Crippen LogP contribution is -2.50. The Morgan fingerprint density at radius 3 is 2.44 bits per heavy atom. The zero-order chi connectivity index (χ0) is 23.6. The van der Waals surface area contributed by atoms with E-state index in [0.717, 1.165) is 0 Å². The van der Waals surface area contributed by atoms with Crippen LogP contribution in [0.25, 0.3) is 0 Å². The molecule has 0 radical (unpaired) electrons. The van der Waals surface area contributed by atoms with Crippen molar-refractivity contribution in [3.8, 4) is 6.01 Å². The fourth-order valence-corrected chi connectivity index (χ4v) is 2.77. The molecule has 0 aliphatic heterocycles. The van der Waals surface area contributed by atoms with Gasteiger partial charge in [0.1, 0.15) is 0 Å². The van der Waals surface area contributed by atoms with E-state index in [0.29, 0.717) is 5.69 Å². The summed E-state index contributed by atoms with van der Waals surface area (Å²) in [4.78, 5) is 20.5. The third kappa shape index (κ3) is 3.66. The summed E-state index contributed by atoms with van der Waals surface area (Å²) in [5, 5.41) is 10.2. The van der Waals surface area contributed by atoms with E-state index >= 15 is 0 Å². The Labute approximate surface area is 164 Å². The largest absolute Gasteiger partial charge is 0.478 e. The molecule has 1 aromatic heterocycles. The molecule has 0 aliphatic carbocycles. The van der Waals surface area contributed by atoms with Crippen LogP contribution in [0.2, 0.25) is 0 Å². The van der Waals surface area contributed by atoms with Gasteiger partial charge in [0.25, 0.3) is 0 Å². The Balaban J connectivity index is 2.40. The summed E-state index contributed by atoms with van der Waals surface area (Å²) >= 11 is 0. The van der Waals surface area contributed by atoms with Crippen LogP contribution in [-0.2, 0) is 15.1 Å². The predicted molar refractivity (Wildman–Crippen MR) is 99.5 cm³/mol. The normalized spacial score (nSPS) is 16.7. The number of rotatable bonds is 7. The highest BCUT2D eigenvalue weighted by molar-refractivity contribution is 5.76. The molecule has 0 bridgehead atoms. The summed E-state index contributed by atoms with van der Waals surface area (Å²) in [6, 6.07) is 6.21. The number of ether oxygens (including phenoxy) is 2. The lowest BCUT2D eigenvalue weighted by atomic mass is 9.81. The fraction of sp³-hybridized carbons (Fsp3) is 0.190. The number of aryl methyl sites for hydroxylation is 1.